The highest BCUT2D eigenvalue weighted by Crippen LogP contribution is 2.10. The number of amides is 1. The lowest BCUT2D eigenvalue weighted by molar-refractivity contribution is -0.119. The molecule has 20 heavy (non-hydrogen) atoms. The summed E-state index contributed by atoms with van der Waals surface area (Å²) in [6.07, 6.45) is 4.65. The Bertz CT molecular complexity index is 565. The van der Waals surface area contributed by atoms with Crippen molar-refractivity contribution >= 4 is 15.7 Å². The van der Waals surface area contributed by atoms with Crippen LogP contribution in [0, 0.1) is 6.92 Å². The number of hydrogen-bond acceptors (Lipinski definition) is 6. The molecule has 0 saturated carbocycles. The van der Waals surface area contributed by atoms with Crippen LogP contribution in [0.1, 0.15) is 18.4 Å². The molecule has 1 aromatic heterocycles. The molecule has 7 nitrogen and oxygen atoms in total. The van der Waals surface area contributed by atoms with Crippen LogP contribution in [0.2, 0.25) is 0 Å². The van der Waals surface area contributed by atoms with Gasteiger partial charge in [-0.25, -0.2) is 18.4 Å². The van der Waals surface area contributed by atoms with Gasteiger partial charge in [-0.15, -0.1) is 0 Å². The molecule has 8 heteroatoms. The third-order valence-electron chi connectivity index (χ3n) is 2.91. The molecular weight excluding hydrogens is 282 g/mol. The molecule has 0 aromatic carbocycles. The van der Waals surface area contributed by atoms with Crippen LogP contribution in [0.15, 0.2) is 17.6 Å². The predicted molar refractivity (Wildman–Crippen MR) is 70.8 cm³/mol. The van der Waals surface area contributed by atoms with E-state index >= 15 is 0 Å². The van der Waals surface area contributed by atoms with Crippen molar-refractivity contribution in [3.63, 3.8) is 0 Å². The normalized spacial score (nSPS) is 18.9. The first-order chi connectivity index (χ1) is 9.47. The molecule has 0 unspecified atom stereocenters. The summed E-state index contributed by atoms with van der Waals surface area (Å²) in [5, 5.41) is 2.24. The van der Waals surface area contributed by atoms with Gasteiger partial charge in [0.1, 0.15) is 5.75 Å². The average molecular weight is 299 g/mol. The van der Waals surface area contributed by atoms with Crippen molar-refractivity contribution in [2.75, 3.05) is 18.9 Å². The van der Waals surface area contributed by atoms with Gasteiger partial charge >= 0.3 is 0 Å². The molecule has 1 aliphatic rings. The Morgan fingerprint density at radius 1 is 1.45 bits per heavy atom. The summed E-state index contributed by atoms with van der Waals surface area (Å²) in [7, 11) is -3.80. The van der Waals surface area contributed by atoms with Gasteiger partial charge in [0.25, 0.3) is 0 Å². The first kappa shape index (κ1) is 14.9. The summed E-state index contributed by atoms with van der Waals surface area (Å²) < 4.78 is 29.2. The molecule has 2 heterocycles. The molecule has 0 radical (unpaired) electrons. The van der Waals surface area contributed by atoms with E-state index in [0.717, 1.165) is 18.4 Å². The first-order valence-electron chi connectivity index (χ1n) is 6.37. The number of nitrogens with zero attached hydrogens (tertiary/aromatic N) is 2. The topological polar surface area (TPSA) is 98.2 Å². The van der Waals surface area contributed by atoms with E-state index in [0.29, 0.717) is 13.2 Å². The zero-order valence-corrected chi connectivity index (χ0v) is 12.0. The highest BCUT2D eigenvalue weighted by Gasteiger charge is 2.23. The Morgan fingerprint density at radius 2 is 2.15 bits per heavy atom. The maximum Gasteiger partial charge on any atom is 0.247 e. The molecule has 0 aliphatic carbocycles. The van der Waals surface area contributed by atoms with Crippen LogP contribution in [0.5, 0.6) is 0 Å². The van der Waals surface area contributed by atoms with Gasteiger partial charge in [0.15, 0.2) is 0 Å². The summed E-state index contributed by atoms with van der Waals surface area (Å²) in [5.41, 5.74) is 0.756. The van der Waals surface area contributed by atoms with Gasteiger partial charge in [0.2, 0.25) is 20.9 Å². The average Bonchev–Trinajstić information content (AvgIpc) is 2.89. The number of ether oxygens (including phenoxy) is 1. The molecule has 1 fully saturated rings. The lowest BCUT2D eigenvalue weighted by Crippen LogP contribution is -2.36. The maximum atomic E-state index is 11.9. The van der Waals surface area contributed by atoms with Crippen molar-refractivity contribution in [2.24, 2.45) is 0 Å². The second kappa shape index (κ2) is 6.27. The standard InChI is InChI=1S/C12H17N3O4S/c1-9-5-14-12(15-6-9)20(17,18)8-11(16)13-7-10-3-2-4-19-10/h5-6,10H,2-4,7-8H2,1H3,(H,13,16)/t10-/m0/s1. The summed E-state index contributed by atoms with van der Waals surface area (Å²) in [6, 6.07) is 0. The van der Waals surface area contributed by atoms with Crippen LogP contribution in [0.4, 0.5) is 0 Å². The van der Waals surface area contributed by atoms with E-state index in [1.807, 2.05) is 0 Å². The van der Waals surface area contributed by atoms with Crippen molar-refractivity contribution in [1.82, 2.24) is 15.3 Å². The van der Waals surface area contributed by atoms with E-state index in [-0.39, 0.29) is 11.3 Å². The summed E-state index contributed by atoms with van der Waals surface area (Å²) in [6.45, 7) is 2.78. The van der Waals surface area contributed by atoms with Gasteiger partial charge in [-0.2, -0.15) is 0 Å². The number of carbonyl (C=O) groups is 1. The second-order valence-corrected chi connectivity index (χ2v) is 6.62. The number of hydrogen-bond donors (Lipinski definition) is 1. The van der Waals surface area contributed by atoms with Crippen LogP contribution in [0.3, 0.4) is 0 Å². The molecular formula is C12H17N3O4S. The number of rotatable bonds is 5. The minimum Gasteiger partial charge on any atom is -0.376 e. The minimum atomic E-state index is -3.80. The van der Waals surface area contributed by atoms with Crippen LogP contribution in [-0.2, 0) is 19.4 Å². The lowest BCUT2D eigenvalue weighted by Gasteiger charge is -2.10. The van der Waals surface area contributed by atoms with Gasteiger partial charge < -0.3 is 10.1 Å². The van der Waals surface area contributed by atoms with Crippen LogP contribution in [-0.4, -0.2) is 49.3 Å². The molecule has 1 atom stereocenters. The summed E-state index contributed by atoms with van der Waals surface area (Å²) in [4.78, 5) is 19.1. The number of aryl methyl sites for hydroxylation is 1. The van der Waals surface area contributed by atoms with Crippen molar-refractivity contribution in [3.8, 4) is 0 Å². The molecule has 0 bridgehead atoms. The smallest absolute Gasteiger partial charge is 0.247 e. The van der Waals surface area contributed by atoms with Gasteiger partial charge in [-0.1, -0.05) is 0 Å². The third kappa shape index (κ3) is 3.97. The molecule has 2 rings (SSSR count). The van der Waals surface area contributed by atoms with Crippen LogP contribution >= 0.6 is 0 Å². The zero-order valence-electron chi connectivity index (χ0n) is 11.2. The monoisotopic (exact) mass is 299 g/mol. The fourth-order valence-corrected chi connectivity index (χ4v) is 2.87. The number of sulfone groups is 1. The van der Waals surface area contributed by atoms with E-state index in [1.54, 1.807) is 6.92 Å². The Morgan fingerprint density at radius 3 is 2.75 bits per heavy atom. The Labute approximate surface area is 117 Å². The molecule has 1 amide bonds. The fourth-order valence-electron chi connectivity index (χ4n) is 1.86. The Hall–Kier alpha value is -1.54. The molecule has 1 N–H and O–H groups in total. The van der Waals surface area contributed by atoms with E-state index in [1.165, 1.54) is 12.4 Å². The van der Waals surface area contributed by atoms with Crippen molar-refractivity contribution in [1.29, 1.82) is 0 Å². The van der Waals surface area contributed by atoms with Crippen LogP contribution in [0.25, 0.3) is 0 Å². The first-order valence-corrected chi connectivity index (χ1v) is 8.02. The summed E-state index contributed by atoms with van der Waals surface area (Å²) in [5.74, 6) is -1.22. The van der Waals surface area contributed by atoms with Crippen molar-refractivity contribution in [3.05, 3.63) is 18.0 Å². The summed E-state index contributed by atoms with van der Waals surface area (Å²) >= 11 is 0. The van der Waals surface area contributed by atoms with E-state index in [9.17, 15) is 13.2 Å². The SMILES string of the molecule is Cc1cnc(S(=O)(=O)CC(=O)NC[C@@H]2CCCO2)nc1. The molecule has 110 valence electrons. The van der Waals surface area contributed by atoms with Gasteiger partial charge in [-0.05, 0) is 25.3 Å². The quantitative estimate of drug-likeness (QED) is 0.760. The van der Waals surface area contributed by atoms with Crippen molar-refractivity contribution in [2.45, 2.75) is 31.0 Å². The highest BCUT2D eigenvalue weighted by molar-refractivity contribution is 7.91. The van der Waals surface area contributed by atoms with E-state index in [4.69, 9.17) is 4.74 Å². The Balaban J connectivity index is 1.90. The second-order valence-electron chi connectivity index (χ2n) is 4.74. The maximum absolute atomic E-state index is 11.9. The van der Waals surface area contributed by atoms with Gasteiger partial charge in [-0.3, -0.25) is 4.79 Å². The van der Waals surface area contributed by atoms with Crippen LogP contribution < -0.4 is 5.32 Å². The number of aromatic nitrogens is 2. The highest BCUT2D eigenvalue weighted by atomic mass is 32.2. The number of carbonyl (C=O) groups excluding carboxylic acids is 1. The lowest BCUT2D eigenvalue weighted by atomic mass is 10.2. The minimum absolute atomic E-state index is 0.0164. The predicted octanol–water partition coefficient (Wildman–Crippen LogP) is -0.146. The Kier molecular flexibility index (Phi) is 4.66. The van der Waals surface area contributed by atoms with E-state index in [2.05, 4.69) is 15.3 Å². The van der Waals surface area contributed by atoms with E-state index < -0.39 is 21.5 Å². The molecule has 1 aromatic rings. The molecule has 0 spiro atoms. The van der Waals surface area contributed by atoms with Gasteiger partial charge in [0, 0.05) is 25.5 Å². The number of nitrogens with one attached hydrogen (secondary N) is 1. The van der Waals surface area contributed by atoms with Gasteiger partial charge in [0.05, 0.1) is 6.10 Å². The third-order valence-corrected chi connectivity index (χ3v) is 4.32. The largest absolute Gasteiger partial charge is 0.376 e. The fraction of sp³-hybridized carbons (Fsp3) is 0.583. The molecule has 1 aliphatic heterocycles. The zero-order chi connectivity index (χ0) is 14.6. The molecule has 1 saturated heterocycles. The van der Waals surface area contributed by atoms with Crippen molar-refractivity contribution < 1.29 is 17.9 Å².